The van der Waals surface area contributed by atoms with Crippen LogP contribution < -0.4 is 0 Å². The Hall–Kier alpha value is -9.32. The highest BCUT2D eigenvalue weighted by molar-refractivity contribution is 6.14. The summed E-state index contributed by atoms with van der Waals surface area (Å²) in [5.41, 5.74) is 15.4. The predicted octanol–water partition coefficient (Wildman–Crippen LogP) is 16.4. The summed E-state index contributed by atoms with van der Waals surface area (Å²) in [6.45, 7) is 0. The van der Waals surface area contributed by atoms with Crippen LogP contribution in [-0.4, -0.2) is 23.7 Å². The van der Waals surface area contributed by atoms with Crippen LogP contribution in [0.4, 0.5) is 0 Å². The lowest BCUT2D eigenvalue weighted by molar-refractivity contribution is 0.987. The first kappa shape index (κ1) is 38.9. The molecule has 0 amide bonds. The molecule has 14 aromatic rings. The lowest BCUT2D eigenvalue weighted by Crippen LogP contribution is -2.13. The maximum absolute atomic E-state index is 6.24. The summed E-state index contributed by atoms with van der Waals surface area (Å²) in [6.07, 6.45) is 0. The Morgan fingerprint density at radius 3 is 0.913 bits per heavy atom. The molecule has 322 valence electrons. The molecule has 9 aromatic carbocycles. The van der Waals surface area contributed by atoms with Gasteiger partial charge in [0, 0.05) is 54.6 Å². The van der Waals surface area contributed by atoms with Crippen LogP contribution in [0.15, 0.2) is 249 Å². The van der Waals surface area contributed by atoms with Crippen LogP contribution >= 0.6 is 0 Å². The second-order valence-electron chi connectivity index (χ2n) is 17.7. The summed E-state index contributed by atoms with van der Waals surface area (Å²) < 4.78 is 7.30. The first-order valence-electron chi connectivity index (χ1n) is 23.5. The number of nitrogens with zero attached hydrogens (tertiary/aromatic N) is 5. The van der Waals surface area contributed by atoms with Gasteiger partial charge in [-0.05, 0) is 59.7 Å². The summed E-state index contributed by atoms with van der Waals surface area (Å²) in [5, 5.41) is 7.01. The Morgan fingerprint density at radius 2 is 0.536 bits per heavy atom. The van der Waals surface area contributed by atoms with Crippen molar-refractivity contribution in [3.63, 3.8) is 0 Å². The number of hydrogen-bond donors (Lipinski definition) is 0. The van der Waals surface area contributed by atoms with Gasteiger partial charge in [0.2, 0.25) is 0 Å². The van der Waals surface area contributed by atoms with Gasteiger partial charge in [-0.15, -0.1) is 0 Å². The fourth-order valence-corrected chi connectivity index (χ4v) is 10.9. The third kappa shape index (κ3) is 6.04. The molecule has 14 rings (SSSR count). The number of para-hydroxylation sites is 6. The smallest absolute Gasteiger partial charge is 0.165 e. The van der Waals surface area contributed by atoms with Crippen LogP contribution in [0.5, 0.6) is 0 Å². The SMILES string of the molecule is c1ccc(-c2cc(-c3c(-c4ccccc4)c(-n4c5ccccc5c5ccccc54)nc(-n4c5ccccc5c5ccccc54)c3-n3c4ccccc4c4ccccc43)cc(-c3ccccc3)n2)cc1. The second kappa shape index (κ2) is 15.7. The van der Waals surface area contributed by atoms with Crippen molar-refractivity contribution in [2.45, 2.75) is 0 Å². The standard InChI is InChI=1S/C64H41N5/c1-4-22-42(23-5-1)52-40-45(41-53(65-52)43-24-6-2-7-25-43)60-61(44-26-8-3-9-27-44)63(68-56-36-18-12-30-48(56)49-31-13-19-37-57(49)68)66-64(69-58-38-20-14-32-50(58)51-33-15-21-39-59(51)69)62(60)67-54-34-16-10-28-46(54)47-29-11-17-35-55(47)67/h1-41H. The summed E-state index contributed by atoms with van der Waals surface area (Å²) in [7, 11) is 0. The fraction of sp³-hybridized carbons (Fsp3) is 0. The molecule has 0 spiro atoms. The van der Waals surface area contributed by atoms with E-state index >= 15 is 0 Å². The average Bonchev–Trinajstić information content (AvgIpc) is 4.07. The van der Waals surface area contributed by atoms with Crippen molar-refractivity contribution in [2.24, 2.45) is 0 Å². The fourth-order valence-electron chi connectivity index (χ4n) is 10.9. The van der Waals surface area contributed by atoms with Crippen LogP contribution in [0.25, 0.3) is 128 Å². The van der Waals surface area contributed by atoms with Gasteiger partial charge in [-0.2, -0.15) is 0 Å². The molecule has 0 saturated heterocycles. The van der Waals surface area contributed by atoms with Crippen molar-refractivity contribution in [2.75, 3.05) is 0 Å². The van der Waals surface area contributed by atoms with Crippen LogP contribution in [0, 0.1) is 0 Å². The monoisotopic (exact) mass is 879 g/mol. The van der Waals surface area contributed by atoms with Crippen LogP contribution in [0.2, 0.25) is 0 Å². The zero-order chi connectivity index (χ0) is 45.4. The van der Waals surface area contributed by atoms with Gasteiger partial charge in [-0.25, -0.2) is 9.97 Å². The number of rotatable bonds is 7. The number of benzene rings is 9. The molecule has 5 nitrogen and oxygen atoms in total. The first-order chi connectivity index (χ1) is 34.3. The first-order valence-corrected chi connectivity index (χ1v) is 23.5. The molecular weight excluding hydrogens is 839 g/mol. The zero-order valence-corrected chi connectivity index (χ0v) is 37.4. The molecule has 0 radical (unpaired) electrons. The number of fused-ring (bicyclic) bond motifs is 9. The average molecular weight is 880 g/mol. The predicted molar refractivity (Wildman–Crippen MR) is 287 cm³/mol. The lowest BCUT2D eigenvalue weighted by Gasteiger charge is -2.26. The molecule has 0 unspecified atom stereocenters. The van der Waals surface area contributed by atoms with E-state index in [1.165, 1.54) is 21.5 Å². The lowest BCUT2D eigenvalue weighted by atomic mass is 9.91. The summed E-state index contributed by atoms with van der Waals surface area (Å²) in [4.78, 5) is 11.7. The molecule has 5 heteroatoms. The van der Waals surface area contributed by atoms with Gasteiger partial charge >= 0.3 is 0 Å². The minimum atomic E-state index is 0.810. The van der Waals surface area contributed by atoms with Crippen molar-refractivity contribution in [1.29, 1.82) is 0 Å². The molecule has 5 heterocycles. The number of pyridine rings is 2. The molecule has 0 bridgehead atoms. The quantitative estimate of drug-likeness (QED) is 0.160. The Labute approximate surface area is 398 Å². The van der Waals surface area contributed by atoms with Gasteiger partial charge in [0.05, 0.1) is 50.2 Å². The Kier molecular flexibility index (Phi) is 8.83. The minimum Gasteiger partial charge on any atom is -0.305 e. The Bertz CT molecular complexity index is 4080. The van der Waals surface area contributed by atoms with Crippen LogP contribution in [0.3, 0.4) is 0 Å². The highest BCUT2D eigenvalue weighted by Crippen LogP contribution is 2.49. The highest BCUT2D eigenvalue weighted by atomic mass is 15.2. The topological polar surface area (TPSA) is 40.6 Å². The van der Waals surface area contributed by atoms with Gasteiger partial charge in [0.1, 0.15) is 5.82 Å². The summed E-state index contributed by atoms with van der Waals surface area (Å²) in [5.74, 6) is 1.64. The van der Waals surface area contributed by atoms with Crippen molar-refractivity contribution in [3.8, 4) is 62.1 Å². The van der Waals surface area contributed by atoms with Gasteiger partial charge < -0.3 is 4.57 Å². The van der Waals surface area contributed by atoms with E-state index < -0.39 is 0 Å². The molecule has 0 N–H and O–H groups in total. The van der Waals surface area contributed by atoms with Crippen molar-refractivity contribution in [1.82, 2.24) is 23.7 Å². The Morgan fingerprint density at radius 1 is 0.232 bits per heavy atom. The van der Waals surface area contributed by atoms with Crippen LogP contribution in [0.1, 0.15) is 0 Å². The van der Waals surface area contributed by atoms with E-state index in [9.17, 15) is 0 Å². The third-order valence-corrected chi connectivity index (χ3v) is 13.8. The van der Waals surface area contributed by atoms with E-state index in [-0.39, 0.29) is 0 Å². The van der Waals surface area contributed by atoms with Gasteiger partial charge in [0.15, 0.2) is 5.82 Å². The Balaban J connectivity index is 1.29. The number of aromatic nitrogens is 5. The highest BCUT2D eigenvalue weighted by Gasteiger charge is 2.31. The van der Waals surface area contributed by atoms with Crippen molar-refractivity contribution in [3.05, 3.63) is 249 Å². The number of hydrogen-bond acceptors (Lipinski definition) is 2. The molecule has 0 saturated carbocycles. The zero-order valence-electron chi connectivity index (χ0n) is 37.4. The second-order valence-corrected chi connectivity index (χ2v) is 17.7. The molecule has 69 heavy (non-hydrogen) atoms. The summed E-state index contributed by atoms with van der Waals surface area (Å²) >= 11 is 0. The molecule has 0 fully saturated rings. The van der Waals surface area contributed by atoms with E-state index in [2.05, 4.69) is 262 Å². The van der Waals surface area contributed by atoms with Crippen molar-refractivity contribution >= 4 is 65.4 Å². The normalized spacial score (nSPS) is 11.8. The van der Waals surface area contributed by atoms with E-state index in [4.69, 9.17) is 9.97 Å². The van der Waals surface area contributed by atoms with Gasteiger partial charge in [0.25, 0.3) is 0 Å². The van der Waals surface area contributed by atoms with E-state index in [0.29, 0.717) is 0 Å². The molecule has 5 aromatic heterocycles. The molecular formula is C64H41N5. The maximum atomic E-state index is 6.24. The minimum absolute atomic E-state index is 0.810. The third-order valence-electron chi connectivity index (χ3n) is 13.8. The van der Waals surface area contributed by atoms with E-state index in [1.807, 2.05) is 0 Å². The summed E-state index contributed by atoms with van der Waals surface area (Å²) in [6, 6.07) is 89.3. The van der Waals surface area contributed by atoms with Crippen LogP contribution in [-0.2, 0) is 0 Å². The molecule has 0 aliphatic carbocycles. The largest absolute Gasteiger partial charge is 0.305 e. The van der Waals surface area contributed by atoms with Crippen molar-refractivity contribution < 1.29 is 0 Å². The maximum Gasteiger partial charge on any atom is 0.165 e. The van der Waals surface area contributed by atoms with Gasteiger partial charge in [-0.1, -0.05) is 200 Å². The van der Waals surface area contributed by atoms with E-state index in [0.717, 1.165) is 106 Å². The molecule has 0 aliphatic heterocycles. The molecule has 0 atom stereocenters. The van der Waals surface area contributed by atoms with Gasteiger partial charge in [-0.3, -0.25) is 9.13 Å². The molecule has 0 aliphatic rings. The van der Waals surface area contributed by atoms with E-state index in [1.54, 1.807) is 0 Å².